The van der Waals surface area contributed by atoms with Crippen molar-refractivity contribution in [1.29, 1.82) is 0 Å². The second kappa shape index (κ2) is 6.40. The molecular formula is C16H25NO2. The van der Waals surface area contributed by atoms with Crippen molar-refractivity contribution in [2.24, 2.45) is 0 Å². The number of piperidine rings is 1. The van der Waals surface area contributed by atoms with Gasteiger partial charge in [0, 0.05) is 24.2 Å². The number of hydrogen-bond donors (Lipinski definition) is 1. The highest BCUT2D eigenvalue weighted by Crippen LogP contribution is 2.28. The molecule has 1 aromatic rings. The molecule has 1 aliphatic rings. The van der Waals surface area contributed by atoms with Crippen LogP contribution in [0.1, 0.15) is 44.2 Å². The fourth-order valence-corrected chi connectivity index (χ4v) is 3.04. The number of hydrogen-bond acceptors (Lipinski definition) is 3. The molecule has 1 saturated heterocycles. The van der Waals surface area contributed by atoms with Gasteiger partial charge >= 0.3 is 0 Å². The first-order chi connectivity index (χ1) is 9.15. The first kappa shape index (κ1) is 14.4. The maximum atomic E-state index is 9.28. The number of rotatable bonds is 4. The Balaban J connectivity index is 2.20. The summed E-state index contributed by atoms with van der Waals surface area (Å²) >= 11 is 0. The number of nitrogens with zero attached hydrogens (tertiary/aromatic N) is 1. The molecule has 1 fully saturated rings. The standard InChI is InChI=1S/C16H25NO2/c1-12-5-4-6-13(2)17(12)10-15-9-14(11-18)7-8-16(15)19-3/h7-9,12-13,18H,4-6,10-11H2,1-3H3/t12-,13+. The van der Waals surface area contributed by atoms with E-state index in [-0.39, 0.29) is 6.61 Å². The molecule has 1 aliphatic heterocycles. The van der Waals surface area contributed by atoms with E-state index in [0.717, 1.165) is 17.9 Å². The van der Waals surface area contributed by atoms with Gasteiger partial charge < -0.3 is 9.84 Å². The molecule has 3 heteroatoms. The van der Waals surface area contributed by atoms with Crippen LogP contribution in [0.5, 0.6) is 5.75 Å². The Labute approximate surface area is 116 Å². The van der Waals surface area contributed by atoms with Crippen LogP contribution in [0.4, 0.5) is 0 Å². The van der Waals surface area contributed by atoms with Crippen molar-refractivity contribution < 1.29 is 9.84 Å². The van der Waals surface area contributed by atoms with Gasteiger partial charge in [-0.1, -0.05) is 12.5 Å². The maximum Gasteiger partial charge on any atom is 0.123 e. The Kier molecular flexibility index (Phi) is 4.83. The summed E-state index contributed by atoms with van der Waals surface area (Å²) in [5.74, 6) is 0.919. The smallest absolute Gasteiger partial charge is 0.123 e. The van der Waals surface area contributed by atoms with Gasteiger partial charge in [-0.15, -0.1) is 0 Å². The largest absolute Gasteiger partial charge is 0.496 e. The van der Waals surface area contributed by atoms with E-state index in [4.69, 9.17) is 4.74 Å². The third-order valence-electron chi connectivity index (χ3n) is 4.26. The number of aliphatic hydroxyl groups excluding tert-OH is 1. The second-order valence-electron chi connectivity index (χ2n) is 5.61. The van der Waals surface area contributed by atoms with E-state index in [0.29, 0.717) is 12.1 Å². The minimum Gasteiger partial charge on any atom is -0.496 e. The Bertz CT molecular complexity index is 409. The van der Waals surface area contributed by atoms with Crippen molar-refractivity contribution in [3.8, 4) is 5.75 Å². The molecule has 2 atom stereocenters. The molecule has 19 heavy (non-hydrogen) atoms. The van der Waals surface area contributed by atoms with Crippen LogP contribution in [-0.4, -0.2) is 29.2 Å². The number of ether oxygens (including phenoxy) is 1. The third kappa shape index (κ3) is 3.28. The van der Waals surface area contributed by atoms with Crippen molar-refractivity contribution in [1.82, 2.24) is 4.90 Å². The molecule has 1 heterocycles. The lowest BCUT2D eigenvalue weighted by atomic mass is 9.96. The van der Waals surface area contributed by atoms with Crippen molar-refractivity contribution in [3.63, 3.8) is 0 Å². The molecule has 0 bridgehead atoms. The summed E-state index contributed by atoms with van der Waals surface area (Å²) in [5, 5.41) is 9.28. The SMILES string of the molecule is COc1ccc(CO)cc1CN1[C@H](C)CCC[C@@H]1C. The fraction of sp³-hybridized carbons (Fsp3) is 0.625. The highest BCUT2D eigenvalue weighted by Gasteiger charge is 2.25. The third-order valence-corrected chi connectivity index (χ3v) is 4.26. The molecule has 2 rings (SSSR count). The average Bonchev–Trinajstić information content (AvgIpc) is 2.42. The zero-order valence-electron chi connectivity index (χ0n) is 12.2. The summed E-state index contributed by atoms with van der Waals surface area (Å²) in [6.45, 7) is 5.59. The monoisotopic (exact) mass is 263 g/mol. The number of methoxy groups -OCH3 is 1. The maximum absolute atomic E-state index is 9.28. The molecule has 3 nitrogen and oxygen atoms in total. The van der Waals surface area contributed by atoms with Crippen molar-refractivity contribution >= 4 is 0 Å². The fourth-order valence-electron chi connectivity index (χ4n) is 3.04. The van der Waals surface area contributed by atoms with Crippen LogP contribution in [0.2, 0.25) is 0 Å². The van der Waals surface area contributed by atoms with Gasteiger partial charge in [-0.05, 0) is 44.4 Å². The topological polar surface area (TPSA) is 32.7 Å². The minimum absolute atomic E-state index is 0.0854. The van der Waals surface area contributed by atoms with Crippen molar-refractivity contribution in [2.75, 3.05) is 7.11 Å². The van der Waals surface area contributed by atoms with Gasteiger partial charge in [0.05, 0.1) is 13.7 Å². The minimum atomic E-state index is 0.0854. The number of likely N-dealkylation sites (tertiary alicyclic amines) is 1. The Hall–Kier alpha value is -1.06. The molecule has 0 aromatic heterocycles. The van der Waals surface area contributed by atoms with E-state index in [1.165, 1.54) is 24.8 Å². The van der Waals surface area contributed by atoms with Crippen LogP contribution in [0.25, 0.3) is 0 Å². The average molecular weight is 263 g/mol. The summed E-state index contributed by atoms with van der Waals surface area (Å²) in [5.41, 5.74) is 2.13. The molecule has 1 N–H and O–H groups in total. The molecule has 0 saturated carbocycles. The predicted octanol–water partition coefficient (Wildman–Crippen LogP) is 2.95. The number of aliphatic hydroxyl groups is 1. The Morgan fingerprint density at radius 2 is 1.95 bits per heavy atom. The lowest BCUT2D eigenvalue weighted by Gasteiger charge is -2.39. The van der Waals surface area contributed by atoms with E-state index in [2.05, 4.69) is 24.8 Å². The van der Waals surface area contributed by atoms with E-state index >= 15 is 0 Å². The normalized spacial score (nSPS) is 24.4. The van der Waals surface area contributed by atoms with Crippen molar-refractivity contribution in [3.05, 3.63) is 29.3 Å². The van der Waals surface area contributed by atoms with Crippen LogP contribution >= 0.6 is 0 Å². The van der Waals surface area contributed by atoms with Gasteiger partial charge in [-0.3, -0.25) is 4.90 Å². The first-order valence-corrected chi connectivity index (χ1v) is 7.18. The lowest BCUT2D eigenvalue weighted by Crippen LogP contribution is -2.43. The first-order valence-electron chi connectivity index (χ1n) is 7.18. The summed E-state index contributed by atoms with van der Waals surface area (Å²) in [6, 6.07) is 7.18. The van der Waals surface area contributed by atoms with Gasteiger partial charge in [0.25, 0.3) is 0 Å². The van der Waals surface area contributed by atoms with Crippen LogP contribution in [0, 0.1) is 0 Å². The zero-order valence-corrected chi connectivity index (χ0v) is 12.2. The Morgan fingerprint density at radius 3 is 2.53 bits per heavy atom. The summed E-state index contributed by atoms with van der Waals surface area (Å²) in [6.07, 6.45) is 3.87. The molecule has 0 amide bonds. The lowest BCUT2D eigenvalue weighted by molar-refractivity contribution is 0.0942. The molecular weight excluding hydrogens is 238 g/mol. The molecule has 0 aliphatic carbocycles. The van der Waals surface area contributed by atoms with E-state index in [9.17, 15) is 5.11 Å². The molecule has 106 valence electrons. The quantitative estimate of drug-likeness (QED) is 0.906. The molecule has 0 unspecified atom stereocenters. The van der Waals surface area contributed by atoms with Crippen LogP contribution in [-0.2, 0) is 13.2 Å². The van der Waals surface area contributed by atoms with Gasteiger partial charge in [-0.2, -0.15) is 0 Å². The van der Waals surface area contributed by atoms with Gasteiger partial charge in [0.1, 0.15) is 5.75 Å². The highest BCUT2D eigenvalue weighted by atomic mass is 16.5. The van der Waals surface area contributed by atoms with Gasteiger partial charge in [0.15, 0.2) is 0 Å². The van der Waals surface area contributed by atoms with Gasteiger partial charge in [-0.25, -0.2) is 0 Å². The Morgan fingerprint density at radius 1 is 1.26 bits per heavy atom. The predicted molar refractivity (Wildman–Crippen MR) is 77.2 cm³/mol. The van der Waals surface area contributed by atoms with Crippen LogP contribution < -0.4 is 4.74 Å². The number of benzene rings is 1. The van der Waals surface area contributed by atoms with Gasteiger partial charge in [0.2, 0.25) is 0 Å². The van der Waals surface area contributed by atoms with Crippen LogP contribution in [0.3, 0.4) is 0 Å². The summed E-state index contributed by atoms with van der Waals surface area (Å²) in [4.78, 5) is 2.54. The molecule has 0 spiro atoms. The van der Waals surface area contributed by atoms with E-state index < -0.39 is 0 Å². The highest BCUT2D eigenvalue weighted by molar-refractivity contribution is 5.37. The summed E-state index contributed by atoms with van der Waals surface area (Å²) in [7, 11) is 1.71. The van der Waals surface area contributed by atoms with E-state index in [1.54, 1.807) is 7.11 Å². The van der Waals surface area contributed by atoms with Crippen LogP contribution in [0.15, 0.2) is 18.2 Å². The second-order valence-corrected chi connectivity index (χ2v) is 5.61. The van der Waals surface area contributed by atoms with E-state index in [1.807, 2.05) is 12.1 Å². The molecule has 0 radical (unpaired) electrons. The zero-order chi connectivity index (χ0) is 13.8. The summed E-state index contributed by atoms with van der Waals surface area (Å²) < 4.78 is 5.45. The molecule has 1 aromatic carbocycles. The van der Waals surface area contributed by atoms with Crippen molar-refractivity contribution in [2.45, 2.75) is 58.3 Å².